The second-order valence-electron chi connectivity index (χ2n) is 6.28. The molecule has 0 atom stereocenters. The van der Waals surface area contributed by atoms with Crippen LogP contribution in [0.4, 0.5) is 28.1 Å². The Bertz CT molecular complexity index is 1170. The highest BCUT2D eigenvalue weighted by molar-refractivity contribution is 7.22. The van der Waals surface area contributed by atoms with Crippen LogP contribution in [-0.2, 0) is 0 Å². The first-order chi connectivity index (χ1) is 13.5. The smallest absolute Gasteiger partial charge is 0.334 e. The minimum Gasteiger partial charge on any atom is -0.334 e. The maximum absolute atomic E-state index is 11.7. The molecule has 0 fully saturated rings. The zero-order valence-corrected chi connectivity index (χ0v) is 15.9. The number of fused-ring (bicyclic) bond motifs is 1. The summed E-state index contributed by atoms with van der Waals surface area (Å²) in [6, 6.07) is 13.4. The number of nitrogens with zero attached hydrogens (tertiary/aromatic N) is 4. The molecule has 140 valence electrons. The molecule has 4 aromatic rings. The van der Waals surface area contributed by atoms with Gasteiger partial charge in [-0.05, 0) is 43.7 Å². The fraction of sp³-hybridized carbons (Fsp3) is 0.105. The van der Waals surface area contributed by atoms with E-state index in [1.165, 1.54) is 17.7 Å². The normalized spacial score (nSPS) is 10.8. The Labute approximate surface area is 164 Å². The summed E-state index contributed by atoms with van der Waals surface area (Å²) < 4.78 is 0.997. The summed E-state index contributed by atoms with van der Waals surface area (Å²) in [5.41, 5.74) is 3.51. The molecular formula is C19H16N6O2S. The van der Waals surface area contributed by atoms with Gasteiger partial charge in [-0.2, -0.15) is 0 Å². The van der Waals surface area contributed by atoms with Crippen LogP contribution in [0.15, 0.2) is 48.8 Å². The van der Waals surface area contributed by atoms with Crippen LogP contribution in [0.25, 0.3) is 10.2 Å². The SMILES string of the molecule is Cc1ccc(Nc2ncnc(Nc3nc4ccc(C)cc4s3)c2[N+](=O)[O-])cc1. The van der Waals surface area contributed by atoms with Crippen molar-refractivity contribution in [3.63, 3.8) is 0 Å². The van der Waals surface area contributed by atoms with Crippen LogP contribution in [0.5, 0.6) is 0 Å². The molecule has 0 saturated carbocycles. The zero-order chi connectivity index (χ0) is 19.7. The summed E-state index contributed by atoms with van der Waals surface area (Å²) in [5, 5.41) is 18.2. The number of rotatable bonds is 5. The Morgan fingerprint density at radius 2 is 1.64 bits per heavy atom. The van der Waals surface area contributed by atoms with E-state index in [9.17, 15) is 10.1 Å². The summed E-state index contributed by atoms with van der Waals surface area (Å²) in [6.07, 6.45) is 1.28. The molecule has 0 aliphatic carbocycles. The molecule has 0 saturated heterocycles. The van der Waals surface area contributed by atoms with Crippen LogP contribution in [0.3, 0.4) is 0 Å². The van der Waals surface area contributed by atoms with Crippen LogP contribution >= 0.6 is 11.3 Å². The minimum absolute atomic E-state index is 0.0883. The van der Waals surface area contributed by atoms with E-state index < -0.39 is 4.92 Å². The molecule has 8 nitrogen and oxygen atoms in total. The summed E-state index contributed by atoms with van der Waals surface area (Å²) in [6.45, 7) is 3.98. The van der Waals surface area contributed by atoms with Gasteiger partial charge in [0.2, 0.25) is 11.6 Å². The summed E-state index contributed by atoms with van der Waals surface area (Å²) >= 11 is 1.41. The van der Waals surface area contributed by atoms with Gasteiger partial charge < -0.3 is 10.6 Å². The van der Waals surface area contributed by atoms with Crippen molar-refractivity contribution in [3.8, 4) is 0 Å². The second-order valence-corrected chi connectivity index (χ2v) is 7.31. The van der Waals surface area contributed by atoms with Gasteiger partial charge in [-0.3, -0.25) is 10.1 Å². The van der Waals surface area contributed by atoms with Gasteiger partial charge in [-0.1, -0.05) is 35.1 Å². The molecule has 0 aliphatic rings. The molecule has 9 heteroatoms. The quantitative estimate of drug-likeness (QED) is 0.359. The highest BCUT2D eigenvalue weighted by atomic mass is 32.1. The third-order valence-corrected chi connectivity index (χ3v) is 5.02. The van der Waals surface area contributed by atoms with E-state index in [2.05, 4.69) is 25.6 Å². The van der Waals surface area contributed by atoms with Gasteiger partial charge in [0.05, 0.1) is 15.1 Å². The molecule has 2 aromatic heterocycles. The number of nitro groups is 1. The molecule has 2 heterocycles. The van der Waals surface area contributed by atoms with Crippen molar-refractivity contribution in [1.29, 1.82) is 0 Å². The van der Waals surface area contributed by atoms with Crippen molar-refractivity contribution in [1.82, 2.24) is 15.0 Å². The lowest BCUT2D eigenvalue weighted by Crippen LogP contribution is -2.05. The summed E-state index contributed by atoms with van der Waals surface area (Å²) in [5.74, 6) is 0.202. The Morgan fingerprint density at radius 3 is 2.36 bits per heavy atom. The van der Waals surface area contributed by atoms with Crippen LogP contribution in [0.2, 0.25) is 0 Å². The highest BCUT2D eigenvalue weighted by Gasteiger charge is 2.24. The number of aromatic nitrogens is 3. The number of hydrogen-bond acceptors (Lipinski definition) is 8. The largest absolute Gasteiger partial charge is 0.353 e. The third kappa shape index (κ3) is 3.60. The predicted octanol–water partition coefficient (Wildman–Crippen LogP) is 5.10. The topological polar surface area (TPSA) is 106 Å². The van der Waals surface area contributed by atoms with Gasteiger partial charge in [-0.15, -0.1) is 0 Å². The van der Waals surface area contributed by atoms with Gasteiger partial charge in [-0.25, -0.2) is 15.0 Å². The van der Waals surface area contributed by atoms with E-state index in [0.717, 1.165) is 21.3 Å². The van der Waals surface area contributed by atoms with E-state index in [-0.39, 0.29) is 17.3 Å². The molecule has 0 unspecified atom stereocenters. The van der Waals surface area contributed by atoms with Crippen LogP contribution in [0, 0.1) is 24.0 Å². The van der Waals surface area contributed by atoms with E-state index in [1.807, 2.05) is 56.3 Å². The Kier molecular flexibility index (Phi) is 4.58. The van der Waals surface area contributed by atoms with Gasteiger partial charge in [0.1, 0.15) is 6.33 Å². The molecular weight excluding hydrogens is 376 g/mol. The average Bonchev–Trinajstić information content (AvgIpc) is 3.05. The monoisotopic (exact) mass is 392 g/mol. The van der Waals surface area contributed by atoms with Crippen molar-refractivity contribution in [2.45, 2.75) is 13.8 Å². The lowest BCUT2D eigenvalue weighted by molar-refractivity contribution is -0.383. The van der Waals surface area contributed by atoms with Crippen molar-refractivity contribution < 1.29 is 4.92 Å². The minimum atomic E-state index is -0.504. The second kappa shape index (κ2) is 7.20. The highest BCUT2D eigenvalue weighted by Crippen LogP contribution is 2.35. The lowest BCUT2D eigenvalue weighted by atomic mass is 10.2. The summed E-state index contributed by atoms with van der Waals surface area (Å²) in [7, 11) is 0. The maximum atomic E-state index is 11.7. The van der Waals surface area contributed by atoms with Gasteiger partial charge in [0.15, 0.2) is 5.13 Å². The van der Waals surface area contributed by atoms with Crippen LogP contribution in [0.1, 0.15) is 11.1 Å². The average molecular weight is 392 g/mol. The molecule has 0 bridgehead atoms. The predicted molar refractivity (Wildman–Crippen MR) is 111 cm³/mol. The number of thiazole rings is 1. The molecule has 28 heavy (non-hydrogen) atoms. The van der Waals surface area contributed by atoms with Crippen molar-refractivity contribution in [3.05, 3.63) is 70.0 Å². The van der Waals surface area contributed by atoms with Crippen LogP contribution in [-0.4, -0.2) is 19.9 Å². The first kappa shape index (κ1) is 17.8. The summed E-state index contributed by atoms with van der Waals surface area (Å²) in [4.78, 5) is 23.8. The maximum Gasteiger partial charge on any atom is 0.353 e. The van der Waals surface area contributed by atoms with Gasteiger partial charge in [0, 0.05) is 5.69 Å². The van der Waals surface area contributed by atoms with Crippen molar-refractivity contribution in [2.75, 3.05) is 10.6 Å². The number of benzene rings is 2. The van der Waals surface area contributed by atoms with E-state index in [0.29, 0.717) is 10.8 Å². The lowest BCUT2D eigenvalue weighted by Gasteiger charge is -2.09. The van der Waals surface area contributed by atoms with Crippen molar-refractivity contribution in [2.24, 2.45) is 0 Å². The molecule has 4 rings (SSSR count). The molecule has 0 radical (unpaired) electrons. The number of hydrogen-bond donors (Lipinski definition) is 2. The van der Waals surface area contributed by atoms with Gasteiger partial charge in [0.25, 0.3) is 0 Å². The Hall–Kier alpha value is -3.59. The standard InChI is InChI=1S/C19H16N6O2S/c1-11-3-6-13(7-4-11)22-17-16(25(26)27)18(21-10-20-17)24-19-23-14-8-5-12(2)9-15(14)28-19/h3-10H,1-2H3,(H2,20,21,22,23,24). The molecule has 2 N–H and O–H groups in total. The Balaban J connectivity index is 1.69. The molecule has 0 spiro atoms. The first-order valence-electron chi connectivity index (χ1n) is 8.47. The van der Waals surface area contributed by atoms with Crippen LogP contribution < -0.4 is 10.6 Å². The van der Waals surface area contributed by atoms with E-state index >= 15 is 0 Å². The van der Waals surface area contributed by atoms with E-state index in [1.54, 1.807) is 0 Å². The molecule has 0 amide bonds. The third-order valence-electron chi connectivity index (χ3n) is 4.09. The number of anilines is 4. The zero-order valence-electron chi connectivity index (χ0n) is 15.1. The van der Waals surface area contributed by atoms with Crippen molar-refractivity contribution >= 4 is 49.7 Å². The number of aryl methyl sites for hydroxylation is 2. The van der Waals surface area contributed by atoms with E-state index in [4.69, 9.17) is 0 Å². The Morgan fingerprint density at radius 1 is 0.964 bits per heavy atom. The first-order valence-corrected chi connectivity index (χ1v) is 9.28. The molecule has 0 aliphatic heterocycles. The number of nitrogens with one attached hydrogen (secondary N) is 2. The fourth-order valence-corrected chi connectivity index (χ4v) is 3.66. The fourth-order valence-electron chi connectivity index (χ4n) is 2.69. The van der Waals surface area contributed by atoms with Gasteiger partial charge >= 0.3 is 5.69 Å². The molecule has 2 aromatic carbocycles.